The van der Waals surface area contributed by atoms with Gasteiger partial charge >= 0.3 is 0 Å². The van der Waals surface area contributed by atoms with Crippen molar-refractivity contribution in [2.45, 2.75) is 63.0 Å². The molecule has 3 heteroatoms. The smallest absolute Gasteiger partial charge is 0.0844 e. The second-order valence-corrected chi connectivity index (χ2v) is 5.23. The summed E-state index contributed by atoms with van der Waals surface area (Å²) in [6.07, 6.45) is 10.2. The molecule has 0 bridgehead atoms. The van der Waals surface area contributed by atoms with E-state index in [4.69, 9.17) is 10.6 Å². The summed E-state index contributed by atoms with van der Waals surface area (Å²) < 4.78 is 5.82. The van der Waals surface area contributed by atoms with E-state index in [1.807, 2.05) is 7.11 Å². The molecule has 3 nitrogen and oxygen atoms in total. The molecular weight excluding hydrogens is 188 g/mol. The number of hydrazine groups is 1. The molecule has 0 aromatic rings. The van der Waals surface area contributed by atoms with Crippen LogP contribution in [0.5, 0.6) is 0 Å². The van der Waals surface area contributed by atoms with Crippen molar-refractivity contribution in [3.05, 3.63) is 0 Å². The van der Waals surface area contributed by atoms with Crippen LogP contribution in [0.1, 0.15) is 51.4 Å². The van der Waals surface area contributed by atoms with Gasteiger partial charge in [-0.2, -0.15) is 0 Å². The molecule has 0 amide bonds. The first-order valence-corrected chi connectivity index (χ1v) is 6.32. The van der Waals surface area contributed by atoms with E-state index < -0.39 is 0 Å². The van der Waals surface area contributed by atoms with E-state index in [-0.39, 0.29) is 5.60 Å². The van der Waals surface area contributed by atoms with Crippen LogP contribution in [0.3, 0.4) is 0 Å². The molecule has 0 saturated heterocycles. The van der Waals surface area contributed by atoms with Crippen LogP contribution in [0.2, 0.25) is 0 Å². The monoisotopic (exact) mass is 212 g/mol. The first kappa shape index (κ1) is 11.4. The molecule has 0 heterocycles. The molecule has 1 atom stereocenters. The number of hydrogen-bond acceptors (Lipinski definition) is 3. The highest BCUT2D eigenvalue weighted by atomic mass is 16.5. The Labute approximate surface area is 92.7 Å². The van der Waals surface area contributed by atoms with Gasteiger partial charge in [-0.3, -0.25) is 11.3 Å². The predicted octanol–water partition coefficient (Wildman–Crippen LogP) is 1.97. The third-order valence-electron chi connectivity index (χ3n) is 4.21. The van der Waals surface area contributed by atoms with Gasteiger partial charge in [-0.05, 0) is 25.2 Å². The zero-order chi connectivity index (χ0) is 10.7. The van der Waals surface area contributed by atoms with Crippen LogP contribution in [0.4, 0.5) is 0 Å². The van der Waals surface area contributed by atoms with Crippen molar-refractivity contribution < 1.29 is 4.74 Å². The SMILES string of the molecule is COC1(C(CC2CC2)NN)CCCCC1. The number of rotatable bonds is 5. The zero-order valence-electron chi connectivity index (χ0n) is 9.80. The summed E-state index contributed by atoms with van der Waals surface area (Å²) in [7, 11) is 1.85. The van der Waals surface area contributed by atoms with Crippen LogP contribution in [-0.4, -0.2) is 18.8 Å². The third-order valence-corrected chi connectivity index (χ3v) is 4.21. The highest BCUT2D eigenvalue weighted by Crippen LogP contribution is 2.41. The Bertz CT molecular complexity index is 198. The molecule has 0 aliphatic heterocycles. The summed E-state index contributed by atoms with van der Waals surface area (Å²) in [6.45, 7) is 0. The minimum absolute atomic E-state index is 0.0234. The van der Waals surface area contributed by atoms with Gasteiger partial charge in [0.15, 0.2) is 0 Å². The van der Waals surface area contributed by atoms with Crippen molar-refractivity contribution in [3.63, 3.8) is 0 Å². The number of ether oxygens (including phenoxy) is 1. The van der Waals surface area contributed by atoms with Crippen LogP contribution in [0.15, 0.2) is 0 Å². The third kappa shape index (κ3) is 2.52. The van der Waals surface area contributed by atoms with E-state index in [1.165, 1.54) is 51.4 Å². The van der Waals surface area contributed by atoms with E-state index in [0.717, 1.165) is 5.92 Å². The van der Waals surface area contributed by atoms with Gasteiger partial charge in [0.05, 0.1) is 11.6 Å². The van der Waals surface area contributed by atoms with E-state index in [9.17, 15) is 0 Å². The molecule has 15 heavy (non-hydrogen) atoms. The minimum Gasteiger partial charge on any atom is -0.377 e. The van der Waals surface area contributed by atoms with Crippen LogP contribution in [-0.2, 0) is 4.74 Å². The molecule has 0 radical (unpaired) electrons. The summed E-state index contributed by atoms with van der Waals surface area (Å²) in [5.41, 5.74) is 3.03. The van der Waals surface area contributed by atoms with E-state index in [2.05, 4.69) is 5.43 Å². The normalized spacial score (nSPS) is 27.6. The summed E-state index contributed by atoms with van der Waals surface area (Å²) in [5.74, 6) is 6.61. The Morgan fingerprint density at radius 2 is 2.00 bits per heavy atom. The molecule has 88 valence electrons. The minimum atomic E-state index is 0.0234. The molecule has 2 fully saturated rings. The van der Waals surface area contributed by atoms with Crippen LogP contribution in [0.25, 0.3) is 0 Å². The quantitative estimate of drug-likeness (QED) is 0.541. The van der Waals surface area contributed by atoms with Gasteiger partial charge in [0, 0.05) is 7.11 Å². The second kappa shape index (κ2) is 4.81. The summed E-state index contributed by atoms with van der Waals surface area (Å²) in [5, 5.41) is 0. The molecule has 0 aromatic heterocycles. The number of nitrogens with one attached hydrogen (secondary N) is 1. The highest BCUT2D eigenvalue weighted by molar-refractivity contribution is 4.96. The van der Waals surface area contributed by atoms with E-state index in [1.54, 1.807) is 0 Å². The fraction of sp³-hybridized carbons (Fsp3) is 1.00. The topological polar surface area (TPSA) is 47.3 Å². The molecule has 2 saturated carbocycles. The lowest BCUT2D eigenvalue weighted by molar-refractivity contribution is -0.0705. The second-order valence-electron chi connectivity index (χ2n) is 5.23. The highest BCUT2D eigenvalue weighted by Gasteiger charge is 2.41. The Balaban J connectivity index is 1.99. The largest absolute Gasteiger partial charge is 0.377 e. The maximum Gasteiger partial charge on any atom is 0.0844 e. The first-order chi connectivity index (χ1) is 7.30. The Morgan fingerprint density at radius 1 is 1.33 bits per heavy atom. The molecule has 0 spiro atoms. The number of methoxy groups -OCH3 is 1. The molecule has 2 aliphatic carbocycles. The van der Waals surface area contributed by atoms with Crippen LogP contribution in [0, 0.1) is 5.92 Å². The standard InChI is InChI=1S/C12H24N2O/c1-15-12(7-3-2-4-8-12)11(14-13)9-10-5-6-10/h10-11,14H,2-9,13H2,1H3. The van der Waals surface area contributed by atoms with Gasteiger partial charge in [-0.1, -0.05) is 32.1 Å². The maximum absolute atomic E-state index is 5.82. The number of nitrogens with two attached hydrogens (primary N) is 1. The zero-order valence-corrected chi connectivity index (χ0v) is 9.80. The maximum atomic E-state index is 5.82. The average molecular weight is 212 g/mol. The molecule has 2 rings (SSSR count). The average Bonchev–Trinajstić information content (AvgIpc) is 3.10. The molecule has 2 aliphatic rings. The van der Waals surface area contributed by atoms with E-state index in [0.29, 0.717) is 6.04 Å². The van der Waals surface area contributed by atoms with Crippen molar-refractivity contribution in [2.24, 2.45) is 11.8 Å². The van der Waals surface area contributed by atoms with Gasteiger partial charge in [0.2, 0.25) is 0 Å². The lowest BCUT2D eigenvalue weighted by Gasteiger charge is -2.42. The first-order valence-electron chi connectivity index (χ1n) is 6.32. The molecule has 1 unspecified atom stereocenters. The van der Waals surface area contributed by atoms with Gasteiger partial charge in [-0.25, -0.2) is 0 Å². The summed E-state index contributed by atoms with van der Waals surface area (Å²) >= 11 is 0. The lowest BCUT2D eigenvalue weighted by atomic mass is 9.77. The van der Waals surface area contributed by atoms with Crippen molar-refractivity contribution in [2.75, 3.05) is 7.11 Å². The van der Waals surface area contributed by atoms with Crippen molar-refractivity contribution in [3.8, 4) is 0 Å². The predicted molar refractivity (Wildman–Crippen MR) is 61.3 cm³/mol. The molecule has 3 N–H and O–H groups in total. The molecule has 0 aromatic carbocycles. The van der Waals surface area contributed by atoms with Crippen LogP contribution >= 0.6 is 0 Å². The van der Waals surface area contributed by atoms with Gasteiger partial charge in [-0.15, -0.1) is 0 Å². The van der Waals surface area contributed by atoms with Crippen LogP contribution < -0.4 is 11.3 Å². The number of hydrogen-bond donors (Lipinski definition) is 2. The lowest BCUT2D eigenvalue weighted by Crippen LogP contribution is -2.55. The Morgan fingerprint density at radius 3 is 2.47 bits per heavy atom. The van der Waals surface area contributed by atoms with Gasteiger partial charge in [0.1, 0.15) is 0 Å². The Hall–Kier alpha value is -0.120. The van der Waals surface area contributed by atoms with Crippen molar-refractivity contribution in [1.29, 1.82) is 0 Å². The van der Waals surface area contributed by atoms with Gasteiger partial charge < -0.3 is 4.74 Å². The Kier molecular flexibility index (Phi) is 3.65. The van der Waals surface area contributed by atoms with Gasteiger partial charge in [0.25, 0.3) is 0 Å². The summed E-state index contributed by atoms with van der Waals surface area (Å²) in [4.78, 5) is 0. The molecular formula is C12H24N2O. The van der Waals surface area contributed by atoms with Crippen molar-refractivity contribution in [1.82, 2.24) is 5.43 Å². The van der Waals surface area contributed by atoms with E-state index >= 15 is 0 Å². The fourth-order valence-electron chi connectivity index (χ4n) is 2.97. The van der Waals surface area contributed by atoms with Crippen molar-refractivity contribution >= 4 is 0 Å². The summed E-state index contributed by atoms with van der Waals surface area (Å²) in [6, 6.07) is 0.357. The fourth-order valence-corrected chi connectivity index (χ4v) is 2.97.